The molecule has 7 heteroatoms. The van der Waals surface area contributed by atoms with Crippen LogP contribution in [-0.4, -0.2) is 55.4 Å². The number of aromatic nitrogens is 3. The van der Waals surface area contributed by atoms with E-state index in [1.807, 2.05) is 24.3 Å². The average Bonchev–Trinajstić information content (AvgIpc) is 2.88. The fourth-order valence-electron chi connectivity index (χ4n) is 4.14. The number of pyridine rings is 1. The van der Waals surface area contributed by atoms with Crippen LogP contribution in [0.4, 0.5) is 11.8 Å². The SMILES string of the molecule is COc1ccc(-c2cccc3ccc(N4CCN(c5ncccn5)CC4)nc23)c(OC)c1. The molecule has 162 valence electrons. The molecule has 0 aliphatic carbocycles. The zero-order valence-electron chi connectivity index (χ0n) is 18.2. The van der Waals surface area contributed by atoms with Gasteiger partial charge < -0.3 is 19.3 Å². The van der Waals surface area contributed by atoms with Crippen molar-refractivity contribution in [2.45, 2.75) is 0 Å². The summed E-state index contributed by atoms with van der Waals surface area (Å²) >= 11 is 0. The molecule has 1 saturated heterocycles. The molecule has 0 amide bonds. The first-order valence-corrected chi connectivity index (χ1v) is 10.7. The fraction of sp³-hybridized carbons (Fsp3) is 0.240. The highest BCUT2D eigenvalue weighted by Crippen LogP contribution is 2.37. The third-order valence-corrected chi connectivity index (χ3v) is 5.84. The van der Waals surface area contributed by atoms with Crippen molar-refractivity contribution < 1.29 is 9.47 Å². The van der Waals surface area contributed by atoms with Crippen LogP contribution in [0.1, 0.15) is 0 Å². The van der Waals surface area contributed by atoms with Crippen molar-refractivity contribution >= 4 is 22.7 Å². The third-order valence-electron chi connectivity index (χ3n) is 5.84. The van der Waals surface area contributed by atoms with Crippen LogP contribution >= 0.6 is 0 Å². The van der Waals surface area contributed by atoms with Crippen LogP contribution < -0.4 is 19.3 Å². The van der Waals surface area contributed by atoms with Gasteiger partial charge in [-0.25, -0.2) is 15.0 Å². The molecule has 32 heavy (non-hydrogen) atoms. The number of para-hydroxylation sites is 1. The van der Waals surface area contributed by atoms with Crippen LogP contribution in [0.3, 0.4) is 0 Å². The Morgan fingerprint density at radius 2 is 1.53 bits per heavy atom. The molecule has 0 unspecified atom stereocenters. The Labute approximate surface area is 187 Å². The molecular weight excluding hydrogens is 402 g/mol. The quantitative estimate of drug-likeness (QED) is 0.476. The van der Waals surface area contributed by atoms with E-state index in [2.05, 4.69) is 50.1 Å². The lowest BCUT2D eigenvalue weighted by Gasteiger charge is -2.35. The molecule has 0 N–H and O–H groups in total. The molecule has 1 aliphatic heterocycles. The van der Waals surface area contributed by atoms with Crippen LogP contribution in [0.5, 0.6) is 11.5 Å². The van der Waals surface area contributed by atoms with Crippen LogP contribution in [0.25, 0.3) is 22.0 Å². The molecule has 1 fully saturated rings. The predicted molar refractivity (Wildman–Crippen MR) is 127 cm³/mol. The highest BCUT2D eigenvalue weighted by atomic mass is 16.5. The van der Waals surface area contributed by atoms with Gasteiger partial charge in [-0.15, -0.1) is 0 Å². The maximum atomic E-state index is 5.66. The molecule has 0 radical (unpaired) electrons. The molecule has 0 spiro atoms. The number of hydrogen-bond acceptors (Lipinski definition) is 7. The summed E-state index contributed by atoms with van der Waals surface area (Å²) in [6.45, 7) is 3.45. The molecule has 4 aromatic rings. The second-order valence-electron chi connectivity index (χ2n) is 7.64. The second kappa shape index (κ2) is 8.70. The molecule has 7 nitrogen and oxygen atoms in total. The summed E-state index contributed by atoms with van der Waals surface area (Å²) < 4.78 is 11.0. The van der Waals surface area contributed by atoms with E-state index in [1.54, 1.807) is 26.6 Å². The number of benzene rings is 2. The number of piperazine rings is 1. The highest BCUT2D eigenvalue weighted by molar-refractivity contribution is 5.96. The number of hydrogen-bond donors (Lipinski definition) is 0. The fourth-order valence-corrected chi connectivity index (χ4v) is 4.14. The number of anilines is 2. The van der Waals surface area contributed by atoms with Crippen molar-refractivity contribution in [3.8, 4) is 22.6 Å². The first kappa shape index (κ1) is 20.1. The molecule has 0 saturated carbocycles. The maximum absolute atomic E-state index is 5.66. The summed E-state index contributed by atoms with van der Waals surface area (Å²) in [6, 6.07) is 18.2. The molecule has 2 aromatic carbocycles. The van der Waals surface area contributed by atoms with Crippen molar-refractivity contribution in [3.63, 3.8) is 0 Å². The van der Waals surface area contributed by atoms with Gasteiger partial charge in [0.1, 0.15) is 17.3 Å². The lowest BCUT2D eigenvalue weighted by Crippen LogP contribution is -2.47. The number of nitrogens with zero attached hydrogens (tertiary/aromatic N) is 5. The van der Waals surface area contributed by atoms with Gasteiger partial charge in [-0.1, -0.05) is 18.2 Å². The summed E-state index contributed by atoms with van der Waals surface area (Å²) in [5, 5.41) is 1.10. The minimum Gasteiger partial charge on any atom is -0.497 e. The van der Waals surface area contributed by atoms with Gasteiger partial charge in [-0.3, -0.25) is 0 Å². The molecule has 2 aromatic heterocycles. The van der Waals surface area contributed by atoms with Gasteiger partial charge in [0, 0.05) is 61.2 Å². The number of rotatable bonds is 5. The van der Waals surface area contributed by atoms with Crippen molar-refractivity contribution in [2.24, 2.45) is 0 Å². The largest absolute Gasteiger partial charge is 0.497 e. The van der Waals surface area contributed by atoms with E-state index in [9.17, 15) is 0 Å². The molecule has 0 bridgehead atoms. The standard InChI is InChI=1S/C25H25N5O2/c1-31-19-8-9-20(22(17-19)32-2)21-6-3-5-18-7-10-23(28-24(18)21)29-13-15-30(16-14-29)25-26-11-4-12-27-25/h3-12,17H,13-16H2,1-2H3. The van der Waals surface area contributed by atoms with E-state index in [1.165, 1.54) is 0 Å². The first-order chi connectivity index (χ1) is 15.8. The minimum atomic E-state index is 0.764. The minimum absolute atomic E-state index is 0.764. The van der Waals surface area contributed by atoms with Crippen molar-refractivity contribution in [1.82, 2.24) is 15.0 Å². The van der Waals surface area contributed by atoms with Crippen molar-refractivity contribution in [3.05, 3.63) is 67.0 Å². The Hall–Kier alpha value is -3.87. The van der Waals surface area contributed by atoms with E-state index in [0.29, 0.717) is 0 Å². The van der Waals surface area contributed by atoms with Crippen molar-refractivity contribution in [2.75, 3.05) is 50.2 Å². The number of methoxy groups -OCH3 is 2. The Morgan fingerprint density at radius 1 is 0.750 bits per heavy atom. The van der Waals surface area contributed by atoms with Crippen LogP contribution in [0.15, 0.2) is 67.0 Å². The lowest BCUT2D eigenvalue weighted by molar-refractivity contribution is 0.395. The Morgan fingerprint density at radius 3 is 2.28 bits per heavy atom. The Balaban J connectivity index is 1.46. The Bertz CT molecular complexity index is 1220. The summed E-state index contributed by atoms with van der Waals surface area (Å²) in [7, 11) is 3.34. The second-order valence-corrected chi connectivity index (χ2v) is 7.64. The molecule has 5 rings (SSSR count). The monoisotopic (exact) mass is 427 g/mol. The van der Waals surface area contributed by atoms with Crippen molar-refractivity contribution in [1.29, 1.82) is 0 Å². The summed E-state index contributed by atoms with van der Waals surface area (Å²) in [4.78, 5) is 18.4. The van der Waals surface area contributed by atoms with Gasteiger partial charge in [0.2, 0.25) is 5.95 Å². The predicted octanol–water partition coefficient (Wildman–Crippen LogP) is 4.04. The Kier molecular flexibility index (Phi) is 5.46. The maximum Gasteiger partial charge on any atom is 0.225 e. The van der Waals surface area contributed by atoms with E-state index < -0.39 is 0 Å². The van der Waals surface area contributed by atoms with E-state index >= 15 is 0 Å². The topological polar surface area (TPSA) is 63.6 Å². The number of ether oxygens (including phenoxy) is 2. The normalized spacial score (nSPS) is 13.9. The molecule has 0 atom stereocenters. The van der Waals surface area contributed by atoms with Gasteiger partial charge in [0.05, 0.1) is 19.7 Å². The van der Waals surface area contributed by atoms with Gasteiger partial charge in [0.25, 0.3) is 0 Å². The van der Waals surface area contributed by atoms with Crippen LogP contribution in [0.2, 0.25) is 0 Å². The zero-order chi connectivity index (χ0) is 21.9. The smallest absolute Gasteiger partial charge is 0.225 e. The summed E-state index contributed by atoms with van der Waals surface area (Å²) in [6.07, 6.45) is 3.57. The number of fused-ring (bicyclic) bond motifs is 1. The average molecular weight is 428 g/mol. The third kappa shape index (κ3) is 3.77. The molecular formula is C25H25N5O2. The highest BCUT2D eigenvalue weighted by Gasteiger charge is 2.20. The van der Waals surface area contributed by atoms with E-state index in [4.69, 9.17) is 14.5 Å². The van der Waals surface area contributed by atoms with Gasteiger partial charge in [0.15, 0.2) is 0 Å². The van der Waals surface area contributed by atoms with E-state index in [-0.39, 0.29) is 0 Å². The molecule has 3 heterocycles. The zero-order valence-corrected chi connectivity index (χ0v) is 18.2. The lowest BCUT2D eigenvalue weighted by atomic mass is 10.0. The first-order valence-electron chi connectivity index (χ1n) is 10.7. The summed E-state index contributed by atoms with van der Waals surface area (Å²) in [5.41, 5.74) is 3.00. The van der Waals surface area contributed by atoms with Crippen LogP contribution in [0, 0.1) is 0 Å². The van der Waals surface area contributed by atoms with Gasteiger partial charge in [-0.05, 0) is 30.3 Å². The van der Waals surface area contributed by atoms with E-state index in [0.717, 1.165) is 71.5 Å². The molecule has 1 aliphatic rings. The van der Waals surface area contributed by atoms with Gasteiger partial charge >= 0.3 is 0 Å². The van der Waals surface area contributed by atoms with Crippen LogP contribution in [-0.2, 0) is 0 Å². The van der Waals surface area contributed by atoms with Gasteiger partial charge in [-0.2, -0.15) is 0 Å². The summed E-state index contributed by atoms with van der Waals surface area (Å²) in [5.74, 6) is 3.29.